The van der Waals surface area contributed by atoms with E-state index in [1.165, 1.54) is 6.42 Å². The van der Waals surface area contributed by atoms with Crippen LogP contribution in [0.2, 0.25) is 0 Å². The molecule has 0 aromatic rings. The number of carbonyl (C=O) groups excluding carboxylic acids is 1. The van der Waals surface area contributed by atoms with Gasteiger partial charge in [-0.3, -0.25) is 4.79 Å². The fraction of sp³-hybridized carbons (Fsp3) is 0.600. The lowest BCUT2D eigenvalue weighted by atomic mass is 10.1. The molecule has 4 nitrogen and oxygen atoms in total. The van der Waals surface area contributed by atoms with Crippen molar-refractivity contribution >= 4 is 11.9 Å². The van der Waals surface area contributed by atoms with E-state index in [0.29, 0.717) is 6.42 Å². The number of unbranched alkanes of at least 4 members (excludes halogenated alkanes) is 6. The van der Waals surface area contributed by atoms with Gasteiger partial charge in [0.25, 0.3) is 6.10 Å². The van der Waals surface area contributed by atoms with Crippen molar-refractivity contribution in [2.45, 2.75) is 57.5 Å². The van der Waals surface area contributed by atoms with Gasteiger partial charge in [-0.05, 0) is 19.3 Å². The predicted octanol–water partition coefficient (Wildman–Crippen LogP) is 2.92. The zero-order chi connectivity index (χ0) is 14.5. The zero-order valence-corrected chi connectivity index (χ0v) is 11.3. The summed E-state index contributed by atoms with van der Waals surface area (Å²) in [6.45, 7) is 3.66. The van der Waals surface area contributed by atoms with Crippen LogP contribution in [-0.4, -0.2) is 23.1 Å². The highest BCUT2D eigenvalue weighted by Gasteiger charge is 2.18. The van der Waals surface area contributed by atoms with Crippen LogP contribution in [0, 0.1) is 12.3 Å². The third kappa shape index (κ3) is 9.90. The highest BCUT2D eigenvalue weighted by Crippen LogP contribution is 2.09. The van der Waals surface area contributed by atoms with E-state index in [4.69, 9.17) is 11.5 Å². The zero-order valence-electron chi connectivity index (χ0n) is 11.3. The number of hydrogen-bond acceptors (Lipinski definition) is 3. The Morgan fingerprint density at radius 1 is 1.21 bits per heavy atom. The second-order valence-electron chi connectivity index (χ2n) is 4.32. The molecule has 0 heterocycles. The Bertz CT molecular complexity index is 328. The number of terminal acetylenes is 1. The molecule has 0 amide bonds. The molecule has 0 saturated carbocycles. The molecule has 19 heavy (non-hydrogen) atoms. The van der Waals surface area contributed by atoms with E-state index < -0.39 is 18.0 Å². The number of allylic oxidation sites excluding steroid dienone is 1. The van der Waals surface area contributed by atoms with Gasteiger partial charge in [0, 0.05) is 6.42 Å². The Morgan fingerprint density at radius 3 is 2.32 bits per heavy atom. The lowest BCUT2D eigenvalue weighted by Crippen LogP contribution is -2.25. The first kappa shape index (κ1) is 17.2. The van der Waals surface area contributed by atoms with E-state index in [9.17, 15) is 9.59 Å². The maximum absolute atomic E-state index is 11.3. The molecule has 0 bridgehead atoms. The molecular weight excluding hydrogens is 244 g/mol. The fourth-order valence-corrected chi connectivity index (χ4v) is 1.61. The summed E-state index contributed by atoms with van der Waals surface area (Å²) < 4.78 is 4.64. The van der Waals surface area contributed by atoms with Gasteiger partial charge in [-0.15, -0.1) is 13.0 Å². The highest BCUT2D eigenvalue weighted by atomic mass is 16.6. The van der Waals surface area contributed by atoms with Gasteiger partial charge in [0.15, 0.2) is 0 Å². The van der Waals surface area contributed by atoms with Crippen molar-refractivity contribution in [3.05, 3.63) is 12.7 Å². The topological polar surface area (TPSA) is 63.6 Å². The molecule has 1 N–H and O–H groups in total. The molecule has 0 radical (unpaired) electrons. The van der Waals surface area contributed by atoms with Gasteiger partial charge in [-0.1, -0.05) is 37.7 Å². The molecule has 0 saturated heterocycles. The molecule has 0 rings (SSSR count). The molecule has 106 valence electrons. The molecule has 0 aliphatic rings. The van der Waals surface area contributed by atoms with E-state index >= 15 is 0 Å². The van der Waals surface area contributed by atoms with Gasteiger partial charge < -0.3 is 9.84 Å². The van der Waals surface area contributed by atoms with Crippen molar-refractivity contribution in [3.63, 3.8) is 0 Å². The fourth-order valence-electron chi connectivity index (χ4n) is 1.61. The van der Waals surface area contributed by atoms with Gasteiger partial charge in [-0.2, -0.15) is 0 Å². The lowest BCUT2D eigenvalue weighted by Gasteiger charge is -2.07. The first-order valence-corrected chi connectivity index (χ1v) is 6.61. The smallest absolute Gasteiger partial charge is 0.357 e. The van der Waals surface area contributed by atoms with E-state index in [1.807, 2.05) is 12.0 Å². The summed E-state index contributed by atoms with van der Waals surface area (Å²) in [7, 11) is 0. The van der Waals surface area contributed by atoms with E-state index in [2.05, 4.69) is 11.3 Å². The summed E-state index contributed by atoms with van der Waals surface area (Å²) in [6.07, 6.45) is 12.9. The Morgan fingerprint density at radius 2 is 1.79 bits per heavy atom. The van der Waals surface area contributed by atoms with Crippen LogP contribution < -0.4 is 0 Å². The summed E-state index contributed by atoms with van der Waals surface area (Å²) in [5.74, 6) is 0.0602. The van der Waals surface area contributed by atoms with Crippen LogP contribution in [0.25, 0.3) is 0 Å². The Kier molecular flexibility index (Phi) is 10.3. The third-order valence-electron chi connectivity index (χ3n) is 2.66. The van der Waals surface area contributed by atoms with Crippen LogP contribution in [0.3, 0.4) is 0 Å². The molecule has 0 aromatic heterocycles. The van der Waals surface area contributed by atoms with Crippen LogP contribution in [-0.2, 0) is 14.3 Å². The van der Waals surface area contributed by atoms with E-state index in [0.717, 1.165) is 32.1 Å². The number of hydrogen-bond donors (Lipinski definition) is 1. The van der Waals surface area contributed by atoms with Crippen LogP contribution in [0.15, 0.2) is 12.7 Å². The normalized spacial score (nSPS) is 11.3. The van der Waals surface area contributed by atoms with Crippen LogP contribution >= 0.6 is 0 Å². The number of esters is 1. The summed E-state index contributed by atoms with van der Waals surface area (Å²) in [5, 5.41) is 8.61. The van der Waals surface area contributed by atoms with Crippen LogP contribution in [0.4, 0.5) is 0 Å². The maximum atomic E-state index is 11.3. The molecule has 1 unspecified atom stereocenters. The van der Waals surface area contributed by atoms with Crippen molar-refractivity contribution in [1.29, 1.82) is 0 Å². The Hall–Kier alpha value is -1.76. The van der Waals surface area contributed by atoms with Crippen molar-refractivity contribution in [3.8, 4) is 12.3 Å². The maximum Gasteiger partial charge on any atom is 0.357 e. The summed E-state index contributed by atoms with van der Waals surface area (Å²) in [6, 6.07) is 0. The van der Waals surface area contributed by atoms with Crippen LogP contribution in [0.1, 0.15) is 51.4 Å². The lowest BCUT2D eigenvalue weighted by molar-refractivity contribution is -0.160. The molecule has 0 spiro atoms. The summed E-state index contributed by atoms with van der Waals surface area (Å²) in [4.78, 5) is 21.8. The average molecular weight is 266 g/mol. The van der Waals surface area contributed by atoms with Crippen LogP contribution in [0.5, 0.6) is 0 Å². The summed E-state index contributed by atoms with van der Waals surface area (Å²) in [5.41, 5.74) is 0. The Balaban J connectivity index is 3.51. The molecule has 0 aliphatic heterocycles. The number of carbonyl (C=O) groups is 2. The molecule has 0 aromatic carbocycles. The van der Waals surface area contributed by atoms with Crippen molar-refractivity contribution in [2.75, 3.05) is 0 Å². The number of aliphatic carboxylic acids is 1. The van der Waals surface area contributed by atoms with Crippen molar-refractivity contribution < 1.29 is 19.4 Å². The first-order chi connectivity index (χ1) is 9.11. The first-order valence-electron chi connectivity index (χ1n) is 6.61. The van der Waals surface area contributed by atoms with Gasteiger partial charge in [0.1, 0.15) is 0 Å². The SMILES string of the molecule is C#CC(OC(=O)CCCCCCCCC=C)C(=O)O. The van der Waals surface area contributed by atoms with E-state index in [1.54, 1.807) is 0 Å². The monoisotopic (exact) mass is 266 g/mol. The second-order valence-corrected chi connectivity index (χ2v) is 4.32. The van der Waals surface area contributed by atoms with Gasteiger partial charge in [-0.25, -0.2) is 4.79 Å². The molecule has 0 aliphatic carbocycles. The molecular formula is C15H22O4. The number of carboxylic acids is 1. The van der Waals surface area contributed by atoms with Gasteiger partial charge >= 0.3 is 11.9 Å². The van der Waals surface area contributed by atoms with Crippen molar-refractivity contribution in [2.24, 2.45) is 0 Å². The minimum Gasteiger partial charge on any atom is -0.478 e. The third-order valence-corrected chi connectivity index (χ3v) is 2.66. The number of carboxylic acid groups (broad SMARTS) is 1. The largest absolute Gasteiger partial charge is 0.478 e. The number of ether oxygens (including phenoxy) is 1. The average Bonchev–Trinajstić information content (AvgIpc) is 2.38. The highest BCUT2D eigenvalue weighted by molar-refractivity contribution is 5.80. The van der Waals surface area contributed by atoms with E-state index in [-0.39, 0.29) is 6.42 Å². The summed E-state index contributed by atoms with van der Waals surface area (Å²) >= 11 is 0. The molecule has 1 atom stereocenters. The van der Waals surface area contributed by atoms with Gasteiger partial charge in [0.2, 0.25) is 0 Å². The number of rotatable bonds is 11. The quantitative estimate of drug-likeness (QED) is 0.270. The molecule has 0 fully saturated rings. The Labute approximate surface area is 114 Å². The predicted molar refractivity (Wildman–Crippen MR) is 73.5 cm³/mol. The minimum absolute atomic E-state index is 0.220. The standard InChI is InChI=1S/C15H22O4/c1-3-5-6-7-8-9-10-11-12-14(16)19-13(4-2)15(17)18/h2-3,13H,1,5-12H2,(H,17,18). The second kappa shape index (κ2) is 11.3. The van der Waals surface area contributed by atoms with Gasteiger partial charge in [0.05, 0.1) is 0 Å². The minimum atomic E-state index is -1.47. The van der Waals surface area contributed by atoms with Crippen molar-refractivity contribution in [1.82, 2.24) is 0 Å². The molecule has 4 heteroatoms.